The number of para-hydroxylation sites is 1. The summed E-state index contributed by atoms with van der Waals surface area (Å²) in [6.07, 6.45) is 2.42. The third-order valence-corrected chi connectivity index (χ3v) is 4.92. The lowest BCUT2D eigenvalue weighted by Crippen LogP contribution is -2.39. The number of Topliss-reactive ketones (excluding diaryl/α,β-unsaturated/α-hetero) is 1. The number of carbonyl (C=O) groups excluding carboxylic acids is 2. The molecule has 5 nitrogen and oxygen atoms in total. The summed E-state index contributed by atoms with van der Waals surface area (Å²) in [5.41, 5.74) is 4.52. The Morgan fingerprint density at radius 2 is 2.04 bits per heavy atom. The Morgan fingerprint density at radius 3 is 2.79 bits per heavy atom. The third kappa shape index (κ3) is 2.16. The fourth-order valence-electron chi connectivity index (χ4n) is 3.58. The maximum Gasteiger partial charge on any atom is 0.270 e. The lowest BCUT2D eigenvalue weighted by Gasteiger charge is -2.33. The van der Waals surface area contributed by atoms with Gasteiger partial charge in [-0.05, 0) is 38.0 Å². The Kier molecular flexibility index (Phi) is 3.30. The van der Waals surface area contributed by atoms with Gasteiger partial charge in [-0.15, -0.1) is 0 Å². The van der Waals surface area contributed by atoms with Crippen molar-refractivity contribution in [3.05, 3.63) is 59.0 Å². The first-order chi connectivity index (χ1) is 11.6. The second-order valence-corrected chi connectivity index (χ2v) is 6.35. The van der Waals surface area contributed by atoms with Gasteiger partial charge in [0.05, 0.1) is 6.04 Å². The lowest BCUT2D eigenvalue weighted by atomic mass is 9.98. The van der Waals surface area contributed by atoms with Crippen LogP contribution in [0.5, 0.6) is 0 Å². The van der Waals surface area contributed by atoms with Crippen LogP contribution in [0.1, 0.15) is 52.0 Å². The lowest BCUT2D eigenvalue weighted by molar-refractivity contribution is 0.0669. The van der Waals surface area contributed by atoms with Gasteiger partial charge >= 0.3 is 0 Å². The molecule has 5 heteroatoms. The summed E-state index contributed by atoms with van der Waals surface area (Å²) in [4.78, 5) is 32.5. The number of aromatic amines is 2. The Morgan fingerprint density at radius 1 is 1.25 bits per heavy atom. The van der Waals surface area contributed by atoms with E-state index in [4.69, 9.17) is 0 Å². The molecule has 2 aromatic heterocycles. The number of benzene rings is 1. The first-order valence-electron chi connectivity index (χ1n) is 8.16. The number of fused-ring (bicyclic) bond motifs is 3. The maximum atomic E-state index is 12.8. The number of nitrogens with zero attached hydrogens (tertiary/aromatic N) is 1. The topological polar surface area (TPSA) is 69.0 Å². The number of nitrogens with one attached hydrogen (secondary N) is 2. The highest BCUT2D eigenvalue weighted by Crippen LogP contribution is 2.34. The predicted octanol–water partition coefficient (Wildman–Crippen LogP) is 3.46. The monoisotopic (exact) mass is 321 g/mol. The highest BCUT2D eigenvalue weighted by molar-refractivity contribution is 5.99. The number of rotatable bonds is 2. The predicted molar refractivity (Wildman–Crippen MR) is 92.3 cm³/mol. The SMILES string of the molecule is CC(=O)c1c[nH]c(C(=O)N2CCc3c([nH]c4ccccc34)C2C)c1. The van der Waals surface area contributed by atoms with Crippen molar-refractivity contribution in [3.63, 3.8) is 0 Å². The largest absolute Gasteiger partial charge is 0.356 e. The molecule has 0 aliphatic carbocycles. The quantitative estimate of drug-likeness (QED) is 0.710. The second-order valence-electron chi connectivity index (χ2n) is 6.35. The van der Waals surface area contributed by atoms with Crippen LogP contribution < -0.4 is 0 Å². The molecule has 1 atom stereocenters. The average Bonchev–Trinajstić information content (AvgIpc) is 3.20. The number of carbonyl (C=O) groups is 2. The van der Waals surface area contributed by atoms with E-state index in [0.717, 1.165) is 17.6 Å². The van der Waals surface area contributed by atoms with Crippen LogP contribution in [0.4, 0.5) is 0 Å². The van der Waals surface area contributed by atoms with Crippen LogP contribution in [0.15, 0.2) is 36.5 Å². The zero-order chi connectivity index (χ0) is 16.8. The summed E-state index contributed by atoms with van der Waals surface area (Å²) in [5.74, 6) is -0.116. The van der Waals surface area contributed by atoms with Crippen molar-refractivity contribution < 1.29 is 9.59 Å². The van der Waals surface area contributed by atoms with Gasteiger partial charge in [0.15, 0.2) is 5.78 Å². The van der Waals surface area contributed by atoms with Crippen LogP contribution in [-0.2, 0) is 6.42 Å². The molecule has 0 fully saturated rings. The van der Waals surface area contributed by atoms with Crippen molar-refractivity contribution in [3.8, 4) is 0 Å². The molecule has 0 spiro atoms. The zero-order valence-electron chi connectivity index (χ0n) is 13.7. The van der Waals surface area contributed by atoms with Crippen molar-refractivity contribution in [2.45, 2.75) is 26.3 Å². The normalized spacial score (nSPS) is 17.1. The minimum atomic E-state index is -0.0701. The first kappa shape index (κ1) is 14.8. The molecular weight excluding hydrogens is 302 g/mol. The molecule has 0 bridgehead atoms. The van der Waals surface area contributed by atoms with E-state index in [-0.39, 0.29) is 17.7 Å². The highest BCUT2D eigenvalue weighted by Gasteiger charge is 2.31. The van der Waals surface area contributed by atoms with E-state index in [0.29, 0.717) is 17.8 Å². The molecule has 3 heterocycles. The number of amides is 1. The standard InChI is InChI=1S/C19H19N3O2/c1-11-18-15(14-5-3-4-6-16(14)21-18)7-8-22(11)19(24)17-9-13(10-20-17)12(2)23/h3-6,9-11,20-21H,7-8H2,1-2H3. The summed E-state index contributed by atoms with van der Waals surface area (Å²) < 4.78 is 0. The van der Waals surface area contributed by atoms with E-state index >= 15 is 0 Å². The zero-order valence-corrected chi connectivity index (χ0v) is 13.7. The van der Waals surface area contributed by atoms with Gasteiger partial charge in [-0.1, -0.05) is 18.2 Å². The Labute approximate surface area is 139 Å². The molecule has 3 aromatic rings. The minimum absolute atomic E-state index is 0.0299. The van der Waals surface area contributed by atoms with Crippen LogP contribution in [0.3, 0.4) is 0 Å². The van der Waals surface area contributed by atoms with Gasteiger partial charge in [0, 0.05) is 34.9 Å². The van der Waals surface area contributed by atoms with Gasteiger partial charge in [0.1, 0.15) is 5.69 Å². The molecule has 1 aromatic carbocycles. The summed E-state index contributed by atoms with van der Waals surface area (Å²) >= 11 is 0. The fraction of sp³-hybridized carbons (Fsp3) is 0.263. The van der Waals surface area contributed by atoms with E-state index in [1.807, 2.05) is 24.0 Å². The maximum absolute atomic E-state index is 12.8. The van der Waals surface area contributed by atoms with Crippen LogP contribution in [-0.4, -0.2) is 33.1 Å². The van der Waals surface area contributed by atoms with E-state index < -0.39 is 0 Å². The first-order valence-corrected chi connectivity index (χ1v) is 8.16. The molecule has 1 amide bonds. The molecular formula is C19H19N3O2. The molecule has 1 aliphatic heterocycles. The molecule has 0 saturated heterocycles. The van der Waals surface area contributed by atoms with Crippen LogP contribution >= 0.6 is 0 Å². The van der Waals surface area contributed by atoms with Crippen molar-refractivity contribution in [2.24, 2.45) is 0 Å². The van der Waals surface area contributed by atoms with Crippen molar-refractivity contribution in [1.82, 2.24) is 14.9 Å². The molecule has 0 radical (unpaired) electrons. The fourth-order valence-corrected chi connectivity index (χ4v) is 3.58. The third-order valence-electron chi connectivity index (χ3n) is 4.92. The number of H-pyrrole nitrogens is 2. The van der Waals surface area contributed by atoms with E-state index in [1.165, 1.54) is 17.9 Å². The van der Waals surface area contributed by atoms with Crippen LogP contribution in [0.25, 0.3) is 10.9 Å². The molecule has 1 aliphatic rings. The summed E-state index contributed by atoms with van der Waals surface area (Å²) in [6.45, 7) is 4.21. The van der Waals surface area contributed by atoms with Gasteiger partial charge in [-0.25, -0.2) is 0 Å². The number of aromatic nitrogens is 2. The summed E-state index contributed by atoms with van der Waals surface area (Å²) in [6, 6.07) is 9.85. The molecule has 1 unspecified atom stereocenters. The molecule has 122 valence electrons. The van der Waals surface area contributed by atoms with E-state index in [9.17, 15) is 9.59 Å². The summed E-state index contributed by atoms with van der Waals surface area (Å²) in [7, 11) is 0. The minimum Gasteiger partial charge on any atom is -0.356 e. The highest BCUT2D eigenvalue weighted by atomic mass is 16.2. The Balaban J connectivity index is 1.68. The van der Waals surface area contributed by atoms with Gasteiger partial charge in [-0.3, -0.25) is 9.59 Å². The smallest absolute Gasteiger partial charge is 0.270 e. The summed E-state index contributed by atoms with van der Waals surface area (Å²) in [5, 5.41) is 1.24. The van der Waals surface area contributed by atoms with Gasteiger partial charge in [0.2, 0.25) is 0 Å². The molecule has 4 rings (SSSR count). The molecule has 24 heavy (non-hydrogen) atoms. The number of ketones is 1. The van der Waals surface area contributed by atoms with Crippen molar-refractivity contribution in [2.75, 3.05) is 6.54 Å². The second kappa shape index (κ2) is 5.37. The number of hydrogen-bond donors (Lipinski definition) is 2. The van der Waals surface area contributed by atoms with Crippen LogP contribution in [0, 0.1) is 0 Å². The van der Waals surface area contributed by atoms with Crippen molar-refractivity contribution in [1.29, 1.82) is 0 Å². The van der Waals surface area contributed by atoms with Gasteiger partial charge < -0.3 is 14.9 Å². The Bertz CT molecular complexity index is 951. The number of hydrogen-bond acceptors (Lipinski definition) is 2. The van der Waals surface area contributed by atoms with Gasteiger partial charge in [0.25, 0.3) is 5.91 Å². The van der Waals surface area contributed by atoms with E-state index in [2.05, 4.69) is 22.1 Å². The van der Waals surface area contributed by atoms with Gasteiger partial charge in [-0.2, -0.15) is 0 Å². The van der Waals surface area contributed by atoms with Crippen LogP contribution in [0.2, 0.25) is 0 Å². The van der Waals surface area contributed by atoms with E-state index in [1.54, 1.807) is 12.3 Å². The molecule has 0 saturated carbocycles. The van der Waals surface area contributed by atoms with Crippen molar-refractivity contribution >= 4 is 22.6 Å². The Hall–Kier alpha value is -2.82. The average molecular weight is 321 g/mol. The molecule has 2 N–H and O–H groups in total.